The van der Waals surface area contributed by atoms with Crippen molar-refractivity contribution in [1.29, 1.82) is 0 Å². The van der Waals surface area contributed by atoms with Crippen LogP contribution in [0.25, 0.3) is 22.6 Å². The topological polar surface area (TPSA) is 98.8 Å². The lowest BCUT2D eigenvalue weighted by Gasteiger charge is -2.07. The minimum absolute atomic E-state index is 0.231. The van der Waals surface area contributed by atoms with Crippen molar-refractivity contribution < 1.29 is 9.53 Å². The number of nitrogens with two attached hydrogens (primary N) is 1. The molecule has 4 rings (SSSR count). The van der Waals surface area contributed by atoms with Crippen molar-refractivity contribution in [3.63, 3.8) is 0 Å². The highest BCUT2D eigenvalue weighted by molar-refractivity contribution is 9.10. The van der Waals surface area contributed by atoms with Crippen molar-refractivity contribution in [2.24, 2.45) is 5.73 Å². The smallest absolute Gasteiger partial charge is 0.269 e. The molecule has 8 heteroatoms. The number of H-pyrrole nitrogens is 1. The van der Waals surface area contributed by atoms with Crippen LogP contribution in [0.4, 0.5) is 0 Å². The SMILES string of the molecule is NC(=O)c1nc2n(c1-c1cn[nH]c1)CCOc1ccc(Br)cc1-2. The Morgan fingerprint density at radius 1 is 1.43 bits per heavy atom. The maximum Gasteiger partial charge on any atom is 0.269 e. The minimum atomic E-state index is -0.570. The number of hydrogen-bond acceptors (Lipinski definition) is 4. The highest BCUT2D eigenvalue weighted by Gasteiger charge is 2.27. The van der Waals surface area contributed by atoms with E-state index in [9.17, 15) is 4.79 Å². The molecule has 116 valence electrons. The van der Waals surface area contributed by atoms with Gasteiger partial charge in [-0.2, -0.15) is 5.10 Å². The highest BCUT2D eigenvalue weighted by atomic mass is 79.9. The summed E-state index contributed by atoms with van der Waals surface area (Å²) in [4.78, 5) is 16.4. The predicted molar refractivity (Wildman–Crippen MR) is 87.0 cm³/mol. The van der Waals surface area contributed by atoms with Crippen molar-refractivity contribution in [3.05, 3.63) is 40.8 Å². The first-order valence-corrected chi connectivity index (χ1v) is 7.76. The first-order valence-electron chi connectivity index (χ1n) is 6.97. The third-order valence-electron chi connectivity index (χ3n) is 3.73. The lowest BCUT2D eigenvalue weighted by Crippen LogP contribution is -2.14. The van der Waals surface area contributed by atoms with Crippen LogP contribution in [0.1, 0.15) is 10.5 Å². The van der Waals surface area contributed by atoms with Crippen molar-refractivity contribution >= 4 is 21.8 Å². The summed E-state index contributed by atoms with van der Waals surface area (Å²) in [6.45, 7) is 1.03. The van der Waals surface area contributed by atoms with Gasteiger partial charge in [-0.05, 0) is 18.2 Å². The number of fused-ring (bicyclic) bond motifs is 3. The number of primary amides is 1. The van der Waals surface area contributed by atoms with E-state index in [1.807, 2.05) is 22.8 Å². The number of nitrogens with one attached hydrogen (secondary N) is 1. The number of rotatable bonds is 2. The van der Waals surface area contributed by atoms with Gasteiger partial charge in [0.25, 0.3) is 5.91 Å². The number of halogens is 1. The quantitative estimate of drug-likeness (QED) is 0.718. The molecule has 0 spiro atoms. The molecule has 1 amide bonds. The highest BCUT2D eigenvalue weighted by Crippen LogP contribution is 2.37. The molecule has 1 aliphatic heterocycles. The lowest BCUT2D eigenvalue weighted by atomic mass is 10.2. The first-order chi connectivity index (χ1) is 11.1. The second-order valence-electron chi connectivity index (χ2n) is 5.12. The Morgan fingerprint density at radius 2 is 2.30 bits per heavy atom. The Bertz CT molecular complexity index is 901. The van der Waals surface area contributed by atoms with Crippen molar-refractivity contribution in [3.8, 4) is 28.4 Å². The Morgan fingerprint density at radius 3 is 3.04 bits per heavy atom. The third-order valence-corrected chi connectivity index (χ3v) is 4.22. The van der Waals surface area contributed by atoms with E-state index in [-0.39, 0.29) is 5.69 Å². The predicted octanol–water partition coefficient (Wildman–Crippen LogP) is 2.19. The number of carbonyl (C=O) groups is 1. The summed E-state index contributed by atoms with van der Waals surface area (Å²) in [6.07, 6.45) is 3.36. The van der Waals surface area contributed by atoms with Crippen LogP contribution >= 0.6 is 15.9 Å². The summed E-state index contributed by atoms with van der Waals surface area (Å²) in [5.74, 6) is 0.815. The normalized spacial score (nSPS) is 12.9. The zero-order valence-electron chi connectivity index (χ0n) is 11.9. The molecule has 1 aromatic carbocycles. The standard InChI is InChI=1S/C15H12BrN5O2/c16-9-1-2-11-10(5-9)15-20-12(14(17)22)13(8-6-18-19-7-8)21(15)3-4-23-11/h1-2,5-7H,3-4H2,(H2,17,22)(H,18,19). The fraction of sp³-hybridized carbons (Fsp3) is 0.133. The fourth-order valence-electron chi connectivity index (χ4n) is 2.77. The molecule has 3 heterocycles. The summed E-state index contributed by atoms with van der Waals surface area (Å²) in [6, 6.07) is 5.71. The maximum absolute atomic E-state index is 11.9. The summed E-state index contributed by atoms with van der Waals surface area (Å²) in [5, 5.41) is 6.71. The van der Waals surface area contributed by atoms with Crippen LogP contribution in [0.5, 0.6) is 5.75 Å². The number of ether oxygens (including phenoxy) is 1. The number of nitrogens with zero attached hydrogens (tertiary/aromatic N) is 3. The van der Waals surface area contributed by atoms with Gasteiger partial charge in [0.1, 0.15) is 18.2 Å². The zero-order valence-corrected chi connectivity index (χ0v) is 13.5. The van der Waals surface area contributed by atoms with Gasteiger partial charge in [0.2, 0.25) is 0 Å². The van der Waals surface area contributed by atoms with Crippen LogP contribution in [-0.4, -0.2) is 32.3 Å². The zero-order chi connectivity index (χ0) is 16.0. The van der Waals surface area contributed by atoms with Crippen LogP contribution < -0.4 is 10.5 Å². The number of amides is 1. The van der Waals surface area contributed by atoms with Crippen molar-refractivity contribution in [2.45, 2.75) is 6.54 Å². The van der Waals surface area contributed by atoms with Crippen LogP contribution in [0, 0.1) is 0 Å². The van der Waals surface area contributed by atoms with E-state index >= 15 is 0 Å². The molecule has 0 saturated heterocycles. The van der Waals surface area contributed by atoms with E-state index in [0.29, 0.717) is 24.7 Å². The van der Waals surface area contributed by atoms with Gasteiger partial charge in [-0.15, -0.1) is 0 Å². The maximum atomic E-state index is 11.9. The number of imidazole rings is 1. The molecule has 0 atom stereocenters. The second-order valence-corrected chi connectivity index (χ2v) is 6.04. The molecule has 0 saturated carbocycles. The monoisotopic (exact) mass is 373 g/mol. The Balaban J connectivity index is 2.03. The Hall–Kier alpha value is -2.61. The summed E-state index contributed by atoms with van der Waals surface area (Å²) < 4.78 is 8.65. The summed E-state index contributed by atoms with van der Waals surface area (Å²) in [7, 11) is 0. The van der Waals surface area contributed by atoms with E-state index in [0.717, 1.165) is 21.3 Å². The van der Waals surface area contributed by atoms with Gasteiger partial charge < -0.3 is 15.0 Å². The largest absolute Gasteiger partial charge is 0.491 e. The number of benzene rings is 1. The number of carbonyl (C=O) groups excluding carboxylic acids is 1. The van der Waals surface area contributed by atoms with Gasteiger partial charge in [-0.1, -0.05) is 15.9 Å². The van der Waals surface area contributed by atoms with Gasteiger partial charge in [0.15, 0.2) is 5.69 Å². The molecule has 0 radical (unpaired) electrons. The Kier molecular flexibility index (Phi) is 3.19. The second kappa shape index (κ2) is 5.24. The minimum Gasteiger partial charge on any atom is -0.491 e. The first kappa shape index (κ1) is 14.0. The summed E-state index contributed by atoms with van der Waals surface area (Å²) >= 11 is 3.46. The molecular weight excluding hydrogens is 362 g/mol. The van der Waals surface area contributed by atoms with E-state index < -0.39 is 5.91 Å². The van der Waals surface area contributed by atoms with E-state index in [1.54, 1.807) is 12.4 Å². The fourth-order valence-corrected chi connectivity index (χ4v) is 3.13. The van der Waals surface area contributed by atoms with Crippen molar-refractivity contribution in [2.75, 3.05) is 6.61 Å². The van der Waals surface area contributed by atoms with E-state index in [2.05, 4.69) is 31.1 Å². The van der Waals surface area contributed by atoms with Crippen LogP contribution in [-0.2, 0) is 6.54 Å². The molecule has 1 aliphatic rings. The molecule has 23 heavy (non-hydrogen) atoms. The molecule has 7 nitrogen and oxygen atoms in total. The molecule has 0 bridgehead atoms. The van der Waals surface area contributed by atoms with Crippen LogP contribution in [0.2, 0.25) is 0 Å². The molecular formula is C15H12BrN5O2. The molecule has 0 aliphatic carbocycles. The molecule has 3 N–H and O–H groups in total. The molecule has 0 fully saturated rings. The van der Waals surface area contributed by atoms with Gasteiger partial charge in [-0.25, -0.2) is 4.98 Å². The molecule has 0 unspecified atom stereocenters. The van der Waals surface area contributed by atoms with Crippen LogP contribution in [0.3, 0.4) is 0 Å². The van der Waals surface area contributed by atoms with E-state index in [1.165, 1.54) is 0 Å². The van der Waals surface area contributed by atoms with Gasteiger partial charge in [-0.3, -0.25) is 9.89 Å². The average Bonchev–Trinajstić information content (AvgIpc) is 3.12. The number of aromatic amines is 1. The van der Waals surface area contributed by atoms with Gasteiger partial charge in [0, 0.05) is 16.2 Å². The third kappa shape index (κ3) is 2.22. The molecule has 2 aromatic heterocycles. The molecule has 3 aromatic rings. The van der Waals surface area contributed by atoms with Gasteiger partial charge in [0.05, 0.1) is 24.0 Å². The van der Waals surface area contributed by atoms with Crippen molar-refractivity contribution in [1.82, 2.24) is 19.7 Å². The lowest BCUT2D eigenvalue weighted by molar-refractivity contribution is 0.0996. The van der Waals surface area contributed by atoms with Gasteiger partial charge >= 0.3 is 0 Å². The summed E-state index contributed by atoms with van der Waals surface area (Å²) in [5.41, 5.74) is 7.99. The number of aromatic nitrogens is 4. The Labute approximate surface area is 139 Å². The van der Waals surface area contributed by atoms with Crippen LogP contribution in [0.15, 0.2) is 35.1 Å². The number of hydrogen-bond donors (Lipinski definition) is 2. The van der Waals surface area contributed by atoms with E-state index in [4.69, 9.17) is 10.5 Å². The average molecular weight is 374 g/mol.